The summed E-state index contributed by atoms with van der Waals surface area (Å²) in [5, 5.41) is 8.19. The number of hydrogen-bond donors (Lipinski definition) is 1. The first-order valence-electron chi connectivity index (χ1n) is 5.65. The topological polar surface area (TPSA) is 46.5 Å². The zero-order valence-corrected chi connectivity index (χ0v) is 11.0. The number of H-pyrrole nitrogens is 1. The highest BCUT2D eigenvalue weighted by Gasteiger charge is 2.11. The van der Waals surface area contributed by atoms with Crippen LogP contribution in [0.15, 0.2) is 30.3 Å². The number of rotatable bonds is 1. The van der Waals surface area contributed by atoms with Crippen LogP contribution < -0.4 is 0 Å². The van der Waals surface area contributed by atoms with Crippen LogP contribution in [0, 0.1) is 11.7 Å². The molecule has 0 saturated carbocycles. The highest BCUT2D eigenvalue weighted by molar-refractivity contribution is 7.71. The van der Waals surface area contributed by atoms with Crippen LogP contribution in [0.2, 0.25) is 0 Å². The maximum atomic E-state index is 5.16. The van der Waals surface area contributed by atoms with Gasteiger partial charge in [0.25, 0.3) is 0 Å². The van der Waals surface area contributed by atoms with Crippen LogP contribution in [0.5, 0.6) is 0 Å². The number of nitrogens with one attached hydrogen (secondary N) is 1. The van der Waals surface area contributed by atoms with Crippen LogP contribution in [0.25, 0.3) is 22.3 Å². The molecule has 3 aromatic rings. The van der Waals surface area contributed by atoms with Gasteiger partial charge >= 0.3 is 0 Å². The summed E-state index contributed by atoms with van der Waals surface area (Å²) in [6.45, 7) is 1.98. The average molecular weight is 256 g/mol. The van der Waals surface area contributed by atoms with Gasteiger partial charge in [-0.1, -0.05) is 18.2 Å². The van der Waals surface area contributed by atoms with Crippen LogP contribution in [0.1, 0.15) is 5.69 Å². The lowest BCUT2D eigenvalue weighted by molar-refractivity contribution is 0.902. The molecule has 3 rings (SSSR count). The molecule has 0 spiro atoms. The third-order valence-electron chi connectivity index (χ3n) is 2.96. The summed E-state index contributed by atoms with van der Waals surface area (Å²) in [4.78, 5) is 4.52. The lowest BCUT2D eigenvalue weighted by Gasteiger charge is -2.06. The SMILES string of the molecule is Cc1cc(-c2n[nH]c(=S)n2C)c2ccccc2n1. The molecule has 0 aliphatic rings. The number of pyridine rings is 1. The van der Waals surface area contributed by atoms with E-state index in [0.717, 1.165) is 28.0 Å². The molecular formula is C13H12N4S. The zero-order valence-electron chi connectivity index (χ0n) is 10.1. The van der Waals surface area contributed by atoms with Crippen molar-refractivity contribution in [2.45, 2.75) is 6.92 Å². The standard InChI is InChI=1S/C13H12N4S/c1-8-7-10(12-15-16-13(18)17(12)2)9-5-3-4-6-11(9)14-8/h3-7H,1-2H3,(H,16,18). The Kier molecular flexibility index (Phi) is 2.48. The molecule has 2 heterocycles. The highest BCUT2D eigenvalue weighted by atomic mass is 32.1. The fourth-order valence-corrected chi connectivity index (χ4v) is 2.21. The van der Waals surface area contributed by atoms with Gasteiger partial charge in [-0.25, -0.2) is 0 Å². The molecule has 1 aromatic carbocycles. The molecule has 0 aliphatic heterocycles. The maximum Gasteiger partial charge on any atom is 0.195 e. The second kappa shape index (κ2) is 4.03. The van der Waals surface area contributed by atoms with Crippen molar-refractivity contribution in [3.8, 4) is 11.4 Å². The quantitative estimate of drug-likeness (QED) is 0.681. The Morgan fingerprint density at radius 2 is 2.06 bits per heavy atom. The van der Waals surface area contributed by atoms with Crippen molar-refractivity contribution in [2.75, 3.05) is 0 Å². The molecule has 2 aromatic heterocycles. The normalized spacial score (nSPS) is 11.0. The van der Waals surface area contributed by atoms with Crippen molar-refractivity contribution in [1.29, 1.82) is 0 Å². The van der Waals surface area contributed by atoms with E-state index in [-0.39, 0.29) is 0 Å². The van der Waals surface area contributed by atoms with Gasteiger partial charge in [-0.05, 0) is 31.3 Å². The Bertz CT molecular complexity index is 785. The Hall–Kier alpha value is -2.01. The van der Waals surface area contributed by atoms with Gasteiger partial charge in [0.2, 0.25) is 0 Å². The summed E-state index contributed by atoms with van der Waals surface area (Å²) in [7, 11) is 1.91. The van der Waals surface area contributed by atoms with E-state index in [9.17, 15) is 0 Å². The van der Waals surface area contributed by atoms with Crippen molar-refractivity contribution < 1.29 is 0 Å². The zero-order chi connectivity index (χ0) is 12.7. The molecule has 0 fully saturated rings. The predicted octanol–water partition coefficient (Wildman–Crippen LogP) is 3.00. The van der Waals surface area contributed by atoms with Crippen molar-refractivity contribution in [1.82, 2.24) is 19.7 Å². The first kappa shape index (κ1) is 11.1. The minimum atomic E-state index is 0.614. The van der Waals surface area contributed by atoms with Gasteiger partial charge < -0.3 is 4.57 Å². The molecule has 4 nitrogen and oxygen atoms in total. The number of hydrogen-bond acceptors (Lipinski definition) is 3. The molecule has 0 saturated heterocycles. The summed E-state index contributed by atoms with van der Waals surface area (Å²) >= 11 is 5.16. The minimum absolute atomic E-state index is 0.614. The van der Waals surface area contributed by atoms with Crippen molar-refractivity contribution in [2.24, 2.45) is 7.05 Å². The van der Waals surface area contributed by atoms with Gasteiger partial charge in [0.05, 0.1) is 5.52 Å². The number of nitrogens with zero attached hydrogens (tertiary/aromatic N) is 3. The van der Waals surface area contributed by atoms with E-state index in [2.05, 4.69) is 21.2 Å². The third kappa shape index (κ3) is 1.64. The van der Waals surface area contributed by atoms with E-state index in [1.807, 2.05) is 42.8 Å². The molecule has 90 valence electrons. The first-order chi connectivity index (χ1) is 8.66. The Labute approximate surface area is 109 Å². The highest BCUT2D eigenvalue weighted by Crippen LogP contribution is 2.26. The van der Waals surface area contributed by atoms with Crippen molar-refractivity contribution in [3.63, 3.8) is 0 Å². The molecule has 0 amide bonds. The number of fused-ring (bicyclic) bond motifs is 1. The Morgan fingerprint density at radius 1 is 1.28 bits per heavy atom. The molecule has 0 aliphatic carbocycles. The smallest absolute Gasteiger partial charge is 0.195 e. The number of aryl methyl sites for hydroxylation is 1. The van der Waals surface area contributed by atoms with E-state index in [1.54, 1.807) is 0 Å². The largest absolute Gasteiger partial charge is 0.303 e. The molecule has 1 N–H and O–H groups in total. The van der Waals surface area contributed by atoms with Crippen LogP contribution in [-0.4, -0.2) is 19.7 Å². The lowest BCUT2D eigenvalue weighted by atomic mass is 10.1. The van der Waals surface area contributed by atoms with Gasteiger partial charge in [0.1, 0.15) is 0 Å². The van der Waals surface area contributed by atoms with Crippen LogP contribution in [0.3, 0.4) is 0 Å². The number of aromatic nitrogens is 4. The number of para-hydroxylation sites is 1. The number of benzene rings is 1. The minimum Gasteiger partial charge on any atom is -0.303 e. The summed E-state index contributed by atoms with van der Waals surface area (Å²) in [6.07, 6.45) is 0. The lowest BCUT2D eigenvalue weighted by Crippen LogP contribution is -1.95. The molecule has 5 heteroatoms. The molecule has 18 heavy (non-hydrogen) atoms. The first-order valence-corrected chi connectivity index (χ1v) is 6.06. The summed E-state index contributed by atoms with van der Waals surface area (Å²) in [5.41, 5.74) is 2.99. The van der Waals surface area contributed by atoms with Gasteiger partial charge in [-0.15, -0.1) is 0 Å². The molecule has 0 radical (unpaired) electrons. The van der Waals surface area contributed by atoms with Gasteiger partial charge in [0.15, 0.2) is 10.6 Å². The summed E-state index contributed by atoms with van der Waals surface area (Å²) in [5.74, 6) is 0.835. The average Bonchev–Trinajstić information content (AvgIpc) is 2.69. The van der Waals surface area contributed by atoms with Crippen molar-refractivity contribution >= 4 is 23.1 Å². The Morgan fingerprint density at radius 3 is 2.78 bits per heavy atom. The molecule has 0 bridgehead atoms. The summed E-state index contributed by atoms with van der Waals surface area (Å²) < 4.78 is 2.49. The molecule has 0 unspecified atom stereocenters. The summed E-state index contributed by atoms with van der Waals surface area (Å²) in [6, 6.07) is 10.1. The van der Waals surface area contributed by atoms with E-state index in [0.29, 0.717) is 4.77 Å². The van der Waals surface area contributed by atoms with Gasteiger partial charge in [-0.2, -0.15) is 5.10 Å². The maximum absolute atomic E-state index is 5.16. The van der Waals surface area contributed by atoms with E-state index in [1.165, 1.54) is 0 Å². The van der Waals surface area contributed by atoms with Crippen LogP contribution in [-0.2, 0) is 7.05 Å². The molecule has 0 atom stereocenters. The van der Waals surface area contributed by atoms with Crippen LogP contribution in [0.4, 0.5) is 0 Å². The second-order valence-corrected chi connectivity index (χ2v) is 4.63. The van der Waals surface area contributed by atoms with Crippen molar-refractivity contribution in [3.05, 3.63) is 40.8 Å². The fourth-order valence-electron chi connectivity index (χ4n) is 2.08. The number of aromatic amines is 1. The second-order valence-electron chi connectivity index (χ2n) is 4.24. The van der Waals surface area contributed by atoms with E-state index >= 15 is 0 Å². The van der Waals surface area contributed by atoms with Crippen LogP contribution >= 0.6 is 12.2 Å². The van der Waals surface area contributed by atoms with Gasteiger partial charge in [-0.3, -0.25) is 10.1 Å². The van der Waals surface area contributed by atoms with E-state index in [4.69, 9.17) is 12.2 Å². The fraction of sp³-hybridized carbons (Fsp3) is 0.154. The predicted molar refractivity (Wildman–Crippen MR) is 73.9 cm³/mol. The van der Waals surface area contributed by atoms with E-state index < -0.39 is 0 Å². The third-order valence-corrected chi connectivity index (χ3v) is 3.33. The monoisotopic (exact) mass is 256 g/mol. The molecular weight excluding hydrogens is 244 g/mol. The Balaban J connectivity index is 2.41. The van der Waals surface area contributed by atoms with Gasteiger partial charge in [0, 0.05) is 23.7 Å².